The lowest BCUT2D eigenvalue weighted by molar-refractivity contribution is -0.142. The SMILES string of the molecule is CC(C)C(NC(=O)CCCCCN1C(=O)C=CC1=O)C(=O)N[C@@H](CCCNC(N)=O)C(=O)N[C@@H](CCCCNC(=O)CCNC(=O)[C@@H](N)CCN(C(=O)CO)[C@@H](c1cc(-c2cc(F)ccc2F)cn1Cc1ccccc1)C(C)(C)C)C(=O)O. The van der Waals surface area contributed by atoms with Crippen molar-refractivity contribution in [1.82, 2.24) is 46.3 Å². The molecule has 0 bridgehead atoms. The summed E-state index contributed by atoms with van der Waals surface area (Å²) in [4.78, 5) is 129. The van der Waals surface area contributed by atoms with E-state index in [0.29, 0.717) is 43.5 Å². The van der Waals surface area contributed by atoms with Crippen LogP contribution < -0.4 is 43.4 Å². The van der Waals surface area contributed by atoms with Crippen LogP contribution >= 0.6 is 0 Å². The van der Waals surface area contributed by atoms with Crippen LogP contribution in [0.15, 0.2) is 72.9 Å². The van der Waals surface area contributed by atoms with Crippen molar-refractivity contribution < 1.29 is 66.9 Å². The Morgan fingerprint density at radius 1 is 0.711 bits per heavy atom. The summed E-state index contributed by atoms with van der Waals surface area (Å²) in [5.41, 5.74) is 12.6. The minimum Gasteiger partial charge on any atom is -0.480 e. The number of rotatable bonds is 35. The highest BCUT2D eigenvalue weighted by Gasteiger charge is 2.38. The fourth-order valence-corrected chi connectivity index (χ4v) is 9.47. The van der Waals surface area contributed by atoms with E-state index in [4.69, 9.17) is 11.5 Å². The summed E-state index contributed by atoms with van der Waals surface area (Å²) in [7, 11) is 0. The number of aliphatic carboxylic acids is 1. The Kier molecular flexibility index (Phi) is 26.9. The number of carbonyl (C=O) groups excluding carboxylic acids is 9. The Bertz CT molecular complexity index is 2750. The summed E-state index contributed by atoms with van der Waals surface area (Å²) in [6.07, 6.45) is 5.90. The van der Waals surface area contributed by atoms with Crippen molar-refractivity contribution in [3.05, 3.63) is 95.8 Å². The smallest absolute Gasteiger partial charge is 0.326 e. The highest BCUT2D eigenvalue weighted by molar-refractivity contribution is 6.12. The first kappa shape index (κ1) is 67.4. The van der Waals surface area contributed by atoms with E-state index in [2.05, 4.69) is 31.9 Å². The number of imide groups is 1. The number of aromatic nitrogens is 1. The Labute approximate surface area is 482 Å². The lowest BCUT2D eigenvalue weighted by atomic mass is 9.82. The van der Waals surface area contributed by atoms with Gasteiger partial charge in [0, 0.05) is 87.3 Å². The number of carbonyl (C=O) groups is 10. The van der Waals surface area contributed by atoms with E-state index in [0.717, 1.165) is 28.7 Å². The molecule has 0 radical (unpaired) electrons. The number of carboxylic acid groups (broad SMARTS) is 1. The van der Waals surface area contributed by atoms with Crippen LogP contribution in [0.2, 0.25) is 0 Å². The Hall–Kier alpha value is -8.06. The second-order valence-electron chi connectivity index (χ2n) is 21.8. The molecule has 10 amide bonds. The third-order valence-electron chi connectivity index (χ3n) is 13.8. The van der Waals surface area contributed by atoms with E-state index in [1.165, 1.54) is 17.1 Å². The van der Waals surface area contributed by atoms with Gasteiger partial charge in [-0.05, 0) is 92.5 Å². The van der Waals surface area contributed by atoms with Gasteiger partial charge < -0.3 is 63.0 Å². The number of primary amides is 1. The van der Waals surface area contributed by atoms with Crippen molar-refractivity contribution in [3.8, 4) is 11.1 Å². The van der Waals surface area contributed by atoms with Crippen LogP contribution in [-0.2, 0) is 49.7 Å². The zero-order valence-corrected chi connectivity index (χ0v) is 47.8. The number of hydrogen-bond donors (Lipinski definition) is 10. The molecule has 0 saturated carbocycles. The molecule has 0 aliphatic carbocycles. The van der Waals surface area contributed by atoms with Crippen molar-refractivity contribution >= 4 is 59.3 Å². The van der Waals surface area contributed by atoms with Crippen LogP contribution in [0.1, 0.15) is 123 Å². The predicted molar refractivity (Wildman–Crippen MR) is 303 cm³/mol. The number of amides is 10. The van der Waals surface area contributed by atoms with Crippen molar-refractivity contribution in [2.24, 2.45) is 22.8 Å². The molecule has 2 heterocycles. The highest BCUT2D eigenvalue weighted by Crippen LogP contribution is 2.41. The zero-order chi connectivity index (χ0) is 61.4. The molecule has 3 aromatic rings. The van der Waals surface area contributed by atoms with Crippen molar-refractivity contribution in [3.63, 3.8) is 0 Å². The van der Waals surface area contributed by atoms with E-state index in [-0.39, 0.29) is 83.2 Å². The number of aliphatic hydroxyl groups excluding tert-OH is 1. The van der Waals surface area contributed by atoms with E-state index in [1.807, 2.05) is 55.7 Å². The zero-order valence-electron chi connectivity index (χ0n) is 47.8. The van der Waals surface area contributed by atoms with Gasteiger partial charge in [-0.3, -0.25) is 43.3 Å². The fourth-order valence-electron chi connectivity index (χ4n) is 9.47. The number of urea groups is 1. The molecule has 1 aromatic heterocycles. The van der Waals surface area contributed by atoms with Crippen molar-refractivity contribution in [2.45, 2.75) is 142 Å². The summed E-state index contributed by atoms with van der Waals surface area (Å²) in [6.45, 7) is 8.66. The standard InChI is InChI=1S/C58H81F2N11O12/c1-36(2)51(68-47(74)19-10-7-13-29-70-48(75)22-23-49(70)76)55(80)66-43(18-14-27-65-57(62)83)54(79)67-44(56(81)82)17-11-12-26-63-46(73)24-28-64-53(78)42(61)25-30-71(50(77)35-72)52(58(3,4)5)45-31-38(40-32-39(59)20-21-41(40)60)34-69(45)33-37-15-8-6-9-16-37/h6,8-9,15-16,20-23,31-32,34,36,42-44,51-52,72H,7,10-14,17-19,24-30,33,35,61H2,1-5H3,(H,63,73)(H,64,78)(H,66,80)(H,67,79)(H,68,74)(H,81,82)(H3,62,65,83)/t42-,43-,44-,51?,52-/m0/s1. The van der Waals surface area contributed by atoms with Gasteiger partial charge in [0.1, 0.15) is 36.4 Å². The molecule has 1 unspecified atom stereocenters. The first-order chi connectivity index (χ1) is 39.3. The molecule has 4 rings (SSSR count). The van der Waals surface area contributed by atoms with Crippen LogP contribution in [0.25, 0.3) is 11.1 Å². The second kappa shape index (κ2) is 33.1. The van der Waals surface area contributed by atoms with E-state index in [9.17, 15) is 62.5 Å². The number of nitrogens with zero attached hydrogens (tertiary/aromatic N) is 3. The van der Waals surface area contributed by atoms with Gasteiger partial charge in [0.25, 0.3) is 11.8 Å². The topological polar surface area (TPSA) is 347 Å². The molecule has 454 valence electrons. The Morgan fingerprint density at radius 3 is 2.01 bits per heavy atom. The molecule has 2 aromatic carbocycles. The predicted octanol–water partition coefficient (Wildman–Crippen LogP) is 3.03. The third kappa shape index (κ3) is 22.0. The maximum absolute atomic E-state index is 15.2. The first-order valence-electron chi connectivity index (χ1n) is 27.9. The summed E-state index contributed by atoms with van der Waals surface area (Å²) < 4.78 is 31.4. The number of nitrogens with two attached hydrogens (primary N) is 2. The molecular formula is C58H81F2N11O12. The van der Waals surface area contributed by atoms with Gasteiger partial charge in [-0.25, -0.2) is 18.4 Å². The fraction of sp³-hybridized carbons (Fsp3) is 0.517. The van der Waals surface area contributed by atoms with Gasteiger partial charge >= 0.3 is 12.0 Å². The van der Waals surface area contributed by atoms with E-state index < -0.39 is 119 Å². The lowest BCUT2D eigenvalue weighted by Crippen LogP contribution is -2.57. The minimum atomic E-state index is -1.40. The average Bonchev–Trinajstić information content (AvgIpc) is 4.21. The maximum Gasteiger partial charge on any atom is 0.326 e. The molecule has 12 N–H and O–H groups in total. The summed E-state index contributed by atoms with van der Waals surface area (Å²) in [5.74, 6) is -7.54. The van der Waals surface area contributed by atoms with Crippen molar-refractivity contribution in [2.75, 3.05) is 39.3 Å². The second-order valence-corrected chi connectivity index (χ2v) is 21.8. The number of unbranched alkanes of at least 4 members (excludes halogenated alkanes) is 3. The van der Waals surface area contributed by atoms with Gasteiger partial charge in [0.05, 0.1) is 12.1 Å². The van der Waals surface area contributed by atoms with Gasteiger partial charge in [-0.1, -0.05) is 71.4 Å². The van der Waals surface area contributed by atoms with Gasteiger partial charge in [0.15, 0.2) is 0 Å². The summed E-state index contributed by atoms with van der Waals surface area (Å²) in [5, 5.41) is 35.7. The first-order valence-corrected chi connectivity index (χ1v) is 27.9. The average molecular weight is 1160 g/mol. The van der Waals surface area contributed by atoms with Gasteiger partial charge in [-0.15, -0.1) is 0 Å². The van der Waals surface area contributed by atoms with E-state index in [1.54, 1.807) is 26.1 Å². The molecule has 5 atom stereocenters. The molecule has 0 fully saturated rings. The molecular weight excluding hydrogens is 1080 g/mol. The number of carboxylic acids is 1. The number of nitrogens with one attached hydrogen (secondary N) is 6. The monoisotopic (exact) mass is 1160 g/mol. The van der Waals surface area contributed by atoms with Crippen LogP contribution in [-0.4, -0.2) is 147 Å². The number of hydrogen-bond acceptors (Lipinski definition) is 12. The lowest BCUT2D eigenvalue weighted by Gasteiger charge is -2.41. The van der Waals surface area contributed by atoms with Crippen LogP contribution in [0.3, 0.4) is 0 Å². The van der Waals surface area contributed by atoms with Gasteiger partial charge in [0.2, 0.25) is 35.4 Å². The molecule has 23 nitrogen and oxygen atoms in total. The van der Waals surface area contributed by atoms with Crippen LogP contribution in [0, 0.1) is 23.0 Å². The normalized spacial score (nSPS) is 14.1. The number of aliphatic hydroxyl groups is 1. The summed E-state index contributed by atoms with van der Waals surface area (Å²) >= 11 is 0. The van der Waals surface area contributed by atoms with Crippen LogP contribution in [0.4, 0.5) is 13.6 Å². The molecule has 1 aliphatic rings. The van der Waals surface area contributed by atoms with Crippen molar-refractivity contribution in [1.29, 1.82) is 0 Å². The Balaban J connectivity index is 1.27. The van der Waals surface area contributed by atoms with Gasteiger partial charge in [-0.2, -0.15) is 0 Å². The largest absolute Gasteiger partial charge is 0.480 e. The molecule has 0 spiro atoms. The maximum atomic E-state index is 15.2. The summed E-state index contributed by atoms with van der Waals surface area (Å²) in [6, 6.07) is 7.74. The molecule has 25 heteroatoms. The highest BCUT2D eigenvalue weighted by atomic mass is 19.1. The quantitative estimate of drug-likeness (QED) is 0.0300. The number of benzene rings is 2. The number of halogens is 2. The molecule has 83 heavy (non-hydrogen) atoms. The van der Waals surface area contributed by atoms with E-state index >= 15 is 4.39 Å². The Morgan fingerprint density at radius 2 is 1.37 bits per heavy atom. The molecule has 0 saturated heterocycles. The minimum absolute atomic E-state index is 0.0185. The molecule has 1 aliphatic heterocycles. The third-order valence-corrected chi connectivity index (χ3v) is 13.8. The van der Waals surface area contributed by atoms with Crippen LogP contribution in [0.5, 0.6) is 0 Å².